The number of nitrogens with zero attached hydrogens (tertiary/aromatic N) is 1. The van der Waals surface area contributed by atoms with E-state index in [1.165, 1.54) is 10.8 Å². The number of rotatable bonds is 4. The normalized spacial score (nSPS) is 12.2. The van der Waals surface area contributed by atoms with E-state index in [9.17, 15) is 5.11 Å². The van der Waals surface area contributed by atoms with Crippen molar-refractivity contribution >= 4 is 61.9 Å². The van der Waals surface area contributed by atoms with Crippen molar-refractivity contribution in [2.75, 3.05) is 0 Å². The van der Waals surface area contributed by atoms with Gasteiger partial charge in [0.1, 0.15) is 28.4 Å². The lowest BCUT2D eigenvalue weighted by molar-refractivity contribution is 0.477. The third-order valence-corrected chi connectivity index (χ3v) is 10.6. The summed E-state index contributed by atoms with van der Waals surface area (Å²) < 4.78 is 15.3. The molecule has 0 unspecified atom stereocenters. The van der Waals surface area contributed by atoms with Crippen molar-refractivity contribution in [1.29, 1.82) is 0 Å². The number of phenolic OH excluding ortho intramolecular Hbond substituents is 1. The summed E-state index contributed by atoms with van der Waals surface area (Å²) in [6.45, 7) is 0. The van der Waals surface area contributed by atoms with Crippen molar-refractivity contribution in [3.63, 3.8) is 0 Å². The third-order valence-electron chi connectivity index (χ3n) is 10.6. The molecule has 8 aromatic carbocycles. The van der Waals surface area contributed by atoms with Crippen LogP contribution < -0.4 is 15.7 Å². The second-order valence-electron chi connectivity index (χ2n) is 13.7. The molecule has 53 heavy (non-hydrogen) atoms. The van der Waals surface area contributed by atoms with Crippen LogP contribution in [0.25, 0.3) is 82.8 Å². The summed E-state index contributed by atoms with van der Waals surface area (Å²) in [5, 5.41) is 15.8. The molecule has 0 saturated carbocycles. The van der Waals surface area contributed by atoms with E-state index in [4.69, 9.17) is 9.15 Å². The molecule has 10 aromatic rings. The fourth-order valence-electron chi connectivity index (χ4n) is 8.09. The number of aromatic nitrogens is 1. The molecule has 3 heterocycles. The topological polar surface area (TPSA) is 47.5 Å². The van der Waals surface area contributed by atoms with E-state index < -0.39 is 0 Å². The first-order chi connectivity index (χ1) is 26.2. The zero-order valence-corrected chi connectivity index (χ0v) is 28.5. The van der Waals surface area contributed by atoms with Gasteiger partial charge in [0.2, 0.25) is 7.28 Å². The van der Waals surface area contributed by atoms with E-state index in [0.29, 0.717) is 0 Å². The Balaban J connectivity index is 1.02. The Morgan fingerprint density at radius 2 is 1.13 bits per heavy atom. The van der Waals surface area contributed by atoms with Gasteiger partial charge >= 0.3 is 0 Å². The summed E-state index contributed by atoms with van der Waals surface area (Å²) in [4.78, 5) is 0. The molecular weight excluding hydrogens is 649 g/mol. The number of phenols is 1. The average molecular weight is 679 g/mol. The van der Waals surface area contributed by atoms with Gasteiger partial charge in [-0.25, -0.2) is 0 Å². The molecule has 1 N–H and O–H groups in total. The monoisotopic (exact) mass is 678 g/mol. The zero-order valence-electron chi connectivity index (χ0n) is 28.5. The minimum absolute atomic E-state index is 0.220. The van der Waals surface area contributed by atoms with Crippen molar-refractivity contribution < 1.29 is 14.3 Å². The smallest absolute Gasteiger partial charge is 0.202 e. The first kappa shape index (κ1) is 29.7. The van der Waals surface area contributed by atoms with Gasteiger partial charge in [0.15, 0.2) is 0 Å². The quantitative estimate of drug-likeness (QED) is 0.189. The minimum Gasteiger partial charge on any atom is -0.507 e. The Bertz CT molecular complexity index is 3050. The predicted octanol–water partition coefficient (Wildman–Crippen LogP) is 11.2. The molecule has 5 heteroatoms. The van der Waals surface area contributed by atoms with Crippen molar-refractivity contribution in [2.24, 2.45) is 0 Å². The van der Waals surface area contributed by atoms with Gasteiger partial charge in [-0.3, -0.25) is 0 Å². The van der Waals surface area contributed by atoms with Crippen molar-refractivity contribution in [2.45, 2.75) is 0 Å². The van der Waals surface area contributed by atoms with Crippen molar-refractivity contribution in [3.8, 4) is 56.3 Å². The maximum absolute atomic E-state index is 11.2. The third kappa shape index (κ3) is 4.71. The van der Waals surface area contributed by atoms with Crippen LogP contribution in [-0.2, 0) is 0 Å². The number of aromatic hydroxyl groups is 1. The highest BCUT2D eigenvalue weighted by Gasteiger charge is 2.25. The van der Waals surface area contributed by atoms with E-state index in [-0.39, 0.29) is 5.75 Å². The van der Waals surface area contributed by atoms with Crippen LogP contribution in [0.4, 0.5) is 0 Å². The molecule has 0 spiro atoms. The van der Waals surface area contributed by atoms with Gasteiger partial charge in [0.25, 0.3) is 0 Å². The highest BCUT2D eigenvalue weighted by Crippen LogP contribution is 2.39. The van der Waals surface area contributed by atoms with Gasteiger partial charge in [-0.15, -0.1) is 0 Å². The molecule has 0 amide bonds. The Kier molecular flexibility index (Phi) is 6.46. The van der Waals surface area contributed by atoms with Crippen molar-refractivity contribution in [1.82, 2.24) is 4.57 Å². The first-order valence-corrected chi connectivity index (χ1v) is 17.8. The fourth-order valence-corrected chi connectivity index (χ4v) is 8.09. The molecule has 247 valence electrons. The zero-order chi connectivity index (χ0) is 35.0. The van der Waals surface area contributed by atoms with E-state index in [1.807, 2.05) is 36.4 Å². The maximum Gasteiger partial charge on any atom is 0.202 e. The first-order valence-electron chi connectivity index (χ1n) is 17.8. The molecule has 0 saturated heterocycles. The number of fused-ring (bicyclic) bond motifs is 8. The molecule has 0 atom stereocenters. The molecule has 0 fully saturated rings. The Hall–Kier alpha value is -6.98. The number of ether oxygens (including phenoxy) is 1. The predicted molar refractivity (Wildman–Crippen MR) is 218 cm³/mol. The van der Waals surface area contributed by atoms with Crippen LogP contribution in [0.3, 0.4) is 0 Å². The Labute approximate surface area is 306 Å². The Morgan fingerprint density at radius 1 is 0.453 bits per heavy atom. The lowest BCUT2D eigenvalue weighted by Gasteiger charge is -2.25. The molecule has 11 rings (SSSR count). The van der Waals surface area contributed by atoms with Gasteiger partial charge < -0.3 is 18.8 Å². The molecule has 1 aliphatic heterocycles. The minimum atomic E-state index is 0.220. The summed E-state index contributed by atoms with van der Waals surface area (Å²) in [7, 11) is 2.19. The highest BCUT2D eigenvalue weighted by molar-refractivity contribution is 6.71. The number of hydrogen-bond donors (Lipinski definition) is 1. The largest absolute Gasteiger partial charge is 0.507 e. The SMILES string of the molecule is Oc1ccccc1-c1cc(-c2cccc(-c3ccc4c(c3)oc3ccccc34)c2)cc2c1[B]c1cc(-n3c4ccccc4c4ccccc43)ccc1O2. The van der Waals surface area contributed by atoms with Crippen LogP contribution in [0.5, 0.6) is 17.2 Å². The molecular formula is C48H29BNO3. The maximum atomic E-state index is 11.2. The summed E-state index contributed by atoms with van der Waals surface area (Å²) >= 11 is 0. The average Bonchev–Trinajstić information content (AvgIpc) is 3.75. The van der Waals surface area contributed by atoms with Crippen LogP contribution in [-0.4, -0.2) is 17.0 Å². The van der Waals surface area contributed by atoms with Gasteiger partial charge in [0, 0.05) is 32.8 Å². The lowest BCUT2D eigenvalue weighted by atomic mass is 9.59. The number of benzene rings is 8. The standard InChI is InChI=1S/C48H29BNO3/c51-43-18-7-3-14-36(43)39-25-32(30-11-9-10-29(24-30)31-20-22-38-37-15-4-8-19-44(37)52-46(38)26-31)27-47-48(39)49-40-28-33(21-23-45(40)53-47)50-41-16-5-1-12-34(41)35-13-2-6-17-42(35)50/h1-28,51H. The molecule has 4 nitrogen and oxygen atoms in total. The number of hydrogen-bond acceptors (Lipinski definition) is 3. The van der Waals surface area contributed by atoms with Gasteiger partial charge in [-0.1, -0.05) is 97.1 Å². The lowest BCUT2D eigenvalue weighted by Crippen LogP contribution is -2.35. The second-order valence-corrected chi connectivity index (χ2v) is 13.7. The highest BCUT2D eigenvalue weighted by atomic mass is 16.5. The van der Waals surface area contributed by atoms with E-state index in [2.05, 4.69) is 139 Å². The van der Waals surface area contributed by atoms with E-state index >= 15 is 0 Å². The summed E-state index contributed by atoms with van der Waals surface area (Å²) in [6.07, 6.45) is 0. The molecule has 2 aromatic heterocycles. The van der Waals surface area contributed by atoms with Crippen LogP contribution in [0.2, 0.25) is 0 Å². The molecule has 0 bridgehead atoms. The van der Waals surface area contributed by atoms with Crippen molar-refractivity contribution in [3.05, 3.63) is 170 Å². The van der Waals surface area contributed by atoms with Crippen LogP contribution in [0, 0.1) is 0 Å². The van der Waals surface area contributed by atoms with E-state index in [0.717, 1.165) is 94.5 Å². The second kappa shape index (κ2) is 11.5. The van der Waals surface area contributed by atoms with Gasteiger partial charge in [0.05, 0.1) is 11.0 Å². The van der Waals surface area contributed by atoms with E-state index in [1.54, 1.807) is 6.07 Å². The molecule has 1 radical (unpaired) electrons. The molecule has 0 aliphatic carbocycles. The molecule has 1 aliphatic rings. The fraction of sp³-hybridized carbons (Fsp3) is 0. The van der Waals surface area contributed by atoms with Crippen LogP contribution in [0.1, 0.15) is 0 Å². The van der Waals surface area contributed by atoms with Gasteiger partial charge in [-0.2, -0.15) is 0 Å². The van der Waals surface area contributed by atoms with Crippen LogP contribution in [0.15, 0.2) is 174 Å². The summed E-state index contributed by atoms with van der Waals surface area (Å²) in [5.41, 5.74) is 12.9. The summed E-state index contributed by atoms with van der Waals surface area (Å²) in [6, 6.07) is 58.4. The number of furan rings is 1. The summed E-state index contributed by atoms with van der Waals surface area (Å²) in [5.74, 6) is 1.75. The number of para-hydroxylation sites is 4. The van der Waals surface area contributed by atoms with Crippen LogP contribution >= 0.6 is 0 Å². The van der Waals surface area contributed by atoms with Gasteiger partial charge in [-0.05, 0) is 112 Å². The Morgan fingerprint density at radius 3 is 1.94 bits per heavy atom.